The number of nitriles is 1. The van der Waals surface area contributed by atoms with Gasteiger partial charge in [0.15, 0.2) is 0 Å². The molecule has 0 saturated heterocycles. The molecule has 60 valence electrons. The first-order chi connectivity index (χ1) is 5.06. The van der Waals surface area contributed by atoms with Crippen LogP contribution in [-0.4, -0.2) is 0 Å². The van der Waals surface area contributed by atoms with Gasteiger partial charge in [0.1, 0.15) is 0 Å². The molecule has 0 saturated carbocycles. The van der Waals surface area contributed by atoms with Crippen LogP contribution in [0.1, 0.15) is 33.6 Å². The van der Waals surface area contributed by atoms with Crippen LogP contribution in [0.25, 0.3) is 0 Å². The average Bonchev–Trinajstić information content (AvgIpc) is 2.08. The van der Waals surface area contributed by atoms with E-state index < -0.39 is 0 Å². The number of nitrogens with zero attached hydrogens (tertiary/aromatic N) is 1. The molecule has 0 amide bonds. The van der Waals surface area contributed by atoms with Crippen molar-refractivity contribution in [2.45, 2.75) is 33.6 Å². The molecular formula is C10H15N. The van der Waals surface area contributed by atoms with Gasteiger partial charge in [-0.15, -0.1) is 0 Å². The van der Waals surface area contributed by atoms with E-state index in [0.717, 1.165) is 6.42 Å². The van der Waals surface area contributed by atoms with E-state index in [2.05, 4.69) is 32.9 Å². The first-order valence-corrected chi connectivity index (χ1v) is 4.12. The van der Waals surface area contributed by atoms with E-state index in [1.54, 1.807) is 0 Å². The highest BCUT2D eigenvalue weighted by atomic mass is 14.4. The molecule has 11 heavy (non-hydrogen) atoms. The standard InChI is InChI=1S/C10H15N/c1-8-6-9(4-5-11)7-10(8,2)3/h6,9H,4,7H2,1-3H3. The van der Waals surface area contributed by atoms with Gasteiger partial charge in [-0.1, -0.05) is 25.5 Å². The lowest BCUT2D eigenvalue weighted by atomic mass is 9.85. The normalized spacial score (nSPS) is 27.8. The Morgan fingerprint density at radius 3 is 2.73 bits per heavy atom. The third kappa shape index (κ3) is 1.63. The van der Waals surface area contributed by atoms with Gasteiger partial charge in [0.25, 0.3) is 0 Å². The Hall–Kier alpha value is -0.770. The minimum atomic E-state index is 0.335. The first kappa shape index (κ1) is 8.33. The Balaban J connectivity index is 2.65. The summed E-state index contributed by atoms with van der Waals surface area (Å²) in [6, 6.07) is 2.22. The minimum absolute atomic E-state index is 0.335. The Morgan fingerprint density at radius 2 is 2.36 bits per heavy atom. The van der Waals surface area contributed by atoms with E-state index in [4.69, 9.17) is 5.26 Å². The van der Waals surface area contributed by atoms with Crippen LogP contribution in [0.2, 0.25) is 0 Å². The topological polar surface area (TPSA) is 23.8 Å². The largest absolute Gasteiger partial charge is 0.198 e. The third-order valence-corrected chi connectivity index (χ3v) is 2.68. The molecule has 0 spiro atoms. The van der Waals surface area contributed by atoms with Crippen molar-refractivity contribution in [1.82, 2.24) is 0 Å². The predicted molar refractivity (Wildman–Crippen MR) is 45.9 cm³/mol. The summed E-state index contributed by atoms with van der Waals surface area (Å²) in [6.45, 7) is 6.66. The summed E-state index contributed by atoms with van der Waals surface area (Å²) < 4.78 is 0. The number of allylic oxidation sites excluding steroid dienone is 2. The molecular weight excluding hydrogens is 134 g/mol. The van der Waals surface area contributed by atoms with E-state index in [1.165, 1.54) is 5.57 Å². The molecule has 1 aliphatic rings. The lowest BCUT2D eigenvalue weighted by Gasteiger charge is -2.20. The number of hydrogen-bond donors (Lipinski definition) is 0. The summed E-state index contributed by atoms with van der Waals surface area (Å²) in [5, 5.41) is 8.50. The monoisotopic (exact) mass is 149 g/mol. The maximum absolute atomic E-state index is 8.50. The highest BCUT2D eigenvalue weighted by Crippen LogP contribution is 2.41. The van der Waals surface area contributed by atoms with Crippen molar-refractivity contribution in [3.63, 3.8) is 0 Å². The smallest absolute Gasteiger partial charge is 0.0627 e. The molecule has 0 fully saturated rings. The van der Waals surface area contributed by atoms with E-state index in [-0.39, 0.29) is 0 Å². The molecule has 1 unspecified atom stereocenters. The highest BCUT2D eigenvalue weighted by Gasteiger charge is 2.29. The van der Waals surface area contributed by atoms with Crippen molar-refractivity contribution in [3.8, 4) is 6.07 Å². The summed E-state index contributed by atoms with van der Waals surface area (Å²) >= 11 is 0. The molecule has 0 bridgehead atoms. The molecule has 1 nitrogen and oxygen atoms in total. The van der Waals surface area contributed by atoms with Gasteiger partial charge >= 0.3 is 0 Å². The molecule has 1 heteroatoms. The summed E-state index contributed by atoms with van der Waals surface area (Å²) in [6.07, 6.45) is 4.08. The van der Waals surface area contributed by atoms with Crippen LogP contribution in [0.4, 0.5) is 0 Å². The van der Waals surface area contributed by atoms with Gasteiger partial charge in [0.05, 0.1) is 6.07 Å². The lowest BCUT2D eigenvalue weighted by Crippen LogP contribution is -2.09. The third-order valence-electron chi connectivity index (χ3n) is 2.68. The van der Waals surface area contributed by atoms with E-state index >= 15 is 0 Å². The molecule has 0 aromatic heterocycles. The second kappa shape index (κ2) is 2.70. The maximum Gasteiger partial charge on any atom is 0.0627 e. The van der Waals surface area contributed by atoms with E-state index in [0.29, 0.717) is 17.8 Å². The van der Waals surface area contributed by atoms with Crippen molar-refractivity contribution in [3.05, 3.63) is 11.6 Å². The minimum Gasteiger partial charge on any atom is -0.198 e. The van der Waals surface area contributed by atoms with Crippen LogP contribution in [0.3, 0.4) is 0 Å². The second-order valence-corrected chi connectivity index (χ2v) is 4.06. The van der Waals surface area contributed by atoms with Crippen LogP contribution >= 0.6 is 0 Å². The second-order valence-electron chi connectivity index (χ2n) is 4.06. The zero-order valence-corrected chi connectivity index (χ0v) is 7.52. The predicted octanol–water partition coefficient (Wildman–Crippen LogP) is 2.89. The highest BCUT2D eigenvalue weighted by molar-refractivity contribution is 5.18. The van der Waals surface area contributed by atoms with Gasteiger partial charge < -0.3 is 0 Å². The van der Waals surface area contributed by atoms with Crippen LogP contribution in [0.15, 0.2) is 11.6 Å². The van der Waals surface area contributed by atoms with Crippen molar-refractivity contribution >= 4 is 0 Å². The Kier molecular flexibility index (Phi) is 2.04. The molecule has 1 rings (SSSR count). The van der Waals surface area contributed by atoms with Gasteiger partial charge in [-0.3, -0.25) is 0 Å². The molecule has 0 aliphatic heterocycles. The Bertz CT molecular complexity index is 218. The quantitative estimate of drug-likeness (QED) is 0.526. The van der Waals surface area contributed by atoms with Crippen LogP contribution in [-0.2, 0) is 0 Å². The molecule has 0 aromatic carbocycles. The first-order valence-electron chi connectivity index (χ1n) is 4.12. The SMILES string of the molecule is CC1=CC(CC#N)CC1(C)C. The van der Waals surface area contributed by atoms with Gasteiger partial charge in [-0.2, -0.15) is 5.26 Å². The van der Waals surface area contributed by atoms with Crippen molar-refractivity contribution < 1.29 is 0 Å². The van der Waals surface area contributed by atoms with Gasteiger partial charge in [-0.25, -0.2) is 0 Å². The molecule has 0 N–H and O–H groups in total. The molecule has 0 aromatic rings. The number of hydrogen-bond acceptors (Lipinski definition) is 1. The van der Waals surface area contributed by atoms with E-state index in [1.807, 2.05) is 0 Å². The lowest BCUT2D eigenvalue weighted by molar-refractivity contribution is 0.393. The zero-order valence-electron chi connectivity index (χ0n) is 7.52. The fourth-order valence-corrected chi connectivity index (χ4v) is 1.70. The fraction of sp³-hybridized carbons (Fsp3) is 0.700. The average molecular weight is 149 g/mol. The van der Waals surface area contributed by atoms with E-state index in [9.17, 15) is 0 Å². The Labute approximate surface area is 68.7 Å². The van der Waals surface area contributed by atoms with Crippen molar-refractivity contribution in [2.24, 2.45) is 11.3 Å². The summed E-state index contributed by atoms with van der Waals surface area (Å²) in [4.78, 5) is 0. The molecule has 1 atom stereocenters. The number of rotatable bonds is 1. The summed E-state index contributed by atoms with van der Waals surface area (Å²) in [5.41, 5.74) is 1.78. The van der Waals surface area contributed by atoms with Crippen LogP contribution in [0.5, 0.6) is 0 Å². The molecule has 0 radical (unpaired) electrons. The maximum atomic E-state index is 8.50. The van der Waals surface area contributed by atoms with Gasteiger partial charge in [-0.05, 0) is 24.7 Å². The van der Waals surface area contributed by atoms with Crippen molar-refractivity contribution in [1.29, 1.82) is 5.26 Å². The van der Waals surface area contributed by atoms with Gasteiger partial charge in [0, 0.05) is 6.42 Å². The molecule has 0 heterocycles. The van der Waals surface area contributed by atoms with Crippen LogP contribution in [0, 0.1) is 22.7 Å². The van der Waals surface area contributed by atoms with Gasteiger partial charge in [0.2, 0.25) is 0 Å². The summed E-state index contributed by atoms with van der Waals surface area (Å²) in [5.74, 6) is 0.509. The Morgan fingerprint density at radius 1 is 1.73 bits per heavy atom. The summed E-state index contributed by atoms with van der Waals surface area (Å²) in [7, 11) is 0. The zero-order chi connectivity index (χ0) is 8.48. The molecule has 1 aliphatic carbocycles. The van der Waals surface area contributed by atoms with Crippen LogP contribution < -0.4 is 0 Å². The fourth-order valence-electron chi connectivity index (χ4n) is 1.70. The van der Waals surface area contributed by atoms with Crippen molar-refractivity contribution in [2.75, 3.05) is 0 Å².